The third-order valence-corrected chi connectivity index (χ3v) is 5.18. The van der Waals surface area contributed by atoms with Crippen molar-refractivity contribution in [3.63, 3.8) is 0 Å². The number of hydrogen-bond acceptors (Lipinski definition) is 5. The van der Waals surface area contributed by atoms with Crippen molar-refractivity contribution >= 4 is 11.9 Å². The van der Waals surface area contributed by atoms with Crippen LogP contribution in [0, 0.1) is 0 Å². The Balaban J connectivity index is 2.32. The van der Waals surface area contributed by atoms with Gasteiger partial charge in [0.05, 0.1) is 31.2 Å². The first kappa shape index (κ1) is 22.0. The van der Waals surface area contributed by atoms with Crippen molar-refractivity contribution in [2.75, 3.05) is 26.9 Å². The van der Waals surface area contributed by atoms with Crippen molar-refractivity contribution in [2.24, 2.45) is 0 Å². The zero-order valence-electron chi connectivity index (χ0n) is 17.4. The van der Waals surface area contributed by atoms with Gasteiger partial charge in [-0.25, -0.2) is 0 Å². The maximum Gasteiger partial charge on any atom is 0.305 e. The number of carboxylic acids is 1. The van der Waals surface area contributed by atoms with Crippen molar-refractivity contribution in [1.29, 1.82) is 0 Å². The molecule has 0 saturated carbocycles. The van der Waals surface area contributed by atoms with Crippen LogP contribution in [0.5, 0.6) is 11.5 Å². The lowest BCUT2D eigenvalue weighted by Crippen LogP contribution is -2.46. The van der Waals surface area contributed by atoms with Gasteiger partial charge in [0, 0.05) is 19.7 Å². The number of ether oxygens (including phenoxy) is 3. The third kappa shape index (κ3) is 4.76. The quantitative estimate of drug-likeness (QED) is 0.694. The minimum Gasteiger partial charge on any atom is -0.490 e. The number of carbonyl (C=O) groups excluding carboxylic acids is 1. The molecule has 0 aliphatic carbocycles. The van der Waals surface area contributed by atoms with E-state index < -0.39 is 11.4 Å². The van der Waals surface area contributed by atoms with E-state index in [9.17, 15) is 14.7 Å². The molecule has 1 aromatic carbocycles. The van der Waals surface area contributed by atoms with E-state index >= 15 is 0 Å². The molecule has 7 nitrogen and oxygen atoms in total. The summed E-state index contributed by atoms with van der Waals surface area (Å²) < 4.78 is 16.7. The van der Waals surface area contributed by atoms with Crippen LogP contribution in [0.1, 0.15) is 46.1 Å². The van der Waals surface area contributed by atoms with Crippen LogP contribution < -0.4 is 9.47 Å². The standard InChI is InChI=1S/C21H31NO6/c1-6-27-17-9-8-14(10-18(17)28-7-2)21(3,4)20(25)22-13-16(26-5)11-15(22)12-19(23)24/h8-10,15-16H,6-7,11-13H2,1-5H3,(H,23,24). The Labute approximate surface area is 166 Å². The van der Waals surface area contributed by atoms with Crippen LogP contribution in [0.15, 0.2) is 18.2 Å². The Hall–Kier alpha value is -2.28. The van der Waals surface area contributed by atoms with Gasteiger partial charge in [0.25, 0.3) is 0 Å². The van der Waals surface area contributed by atoms with E-state index in [0.717, 1.165) is 5.56 Å². The summed E-state index contributed by atoms with van der Waals surface area (Å²) in [6, 6.07) is 5.14. The molecular formula is C21H31NO6. The van der Waals surface area contributed by atoms with Gasteiger partial charge in [-0.3, -0.25) is 9.59 Å². The SMILES string of the molecule is CCOc1ccc(C(C)(C)C(=O)N2CC(OC)CC2CC(=O)O)cc1OCC. The fourth-order valence-electron chi connectivity index (χ4n) is 3.61. The van der Waals surface area contributed by atoms with Gasteiger partial charge >= 0.3 is 5.97 Å². The van der Waals surface area contributed by atoms with Crippen LogP contribution in [0.25, 0.3) is 0 Å². The normalized spacial score (nSPS) is 19.5. The van der Waals surface area contributed by atoms with Gasteiger partial charge in [-0.15, -0.1) is 0 Å². The molecule has 0 bridgehead atoms. The van der Waals surface area contributed by atoms with Crippen molar-refractivity contribution < 1.29 is 28.9 Å². The van der Waals surface area contributed by atoms with Gasteiger partial charge in [-0.05, 0) is 51.8 Å². The molecule has 2 atom stereocenters. The van der Waals surface area contributed by atoms with E-state index in [1.165, 1.54) is 0 Å². The molecule has 7 heteroatoms. The fourth-order valence-corrected chi connectivity index (χ4v) is 3.61. The number of carbonyl (C=O) groups is 2. The minimum atomic E-state index is -0.919. The summed E-state index contributed by atoms with van der Waals surface area (Å²) in [5, 5.41) is 9.22. The number of aliphatic carboxylic acids is 1. The molecule has 28 heavy (non-hydrogen) atoms. The zero-order chi connectivity index (χ0) is 20.9. The molecule has 1 heterocycles. The van der Waals surface area contributed by atoms with Crippen LogP contribution in [-0.2, 0) is 19.7 Å². The first-order valence-corrected chi connectivity index (χ1v) is 9.70. The van der Waals surface area contributed by atoms with E-state index in [-0.39, 0.29) is 24.5 Å². The Bertz CT molecular complexity index is 702. The molecular weight excluding hydrogens is 362 g/mol. The van der Waals surface area contributed by atoms with E-state index in [4.69, 9.17) is 14.2 Å². The minimum absolute atomic E-state index is 0.0881. The molecule has 1 aliphatic rings. The predicted molar refractivity (Wildman–Crippen MR) is 105 cm³/mol. The summed E-state index contributed by atoms with van der Waals surface area (Å²) in [6.45, 7) is 8.89. The van der Waals surface area contributed by atoms with Crippen molar-refractivity contribution in [2.45, 2.75) is 58.1 Å². The molecule has 2 unspecified atom stereocenters. The number of amides is 1. The summed E-state index contributed by atoms with van der Waals surface area (Å²) in [4.78, 5) is 26.3. The highest BCUT2D eigenvalue weighted by Crippen LogP contribution is 2.36. The highest BCUT2D eigenvalue weighted by Gasteiger charge is 2.43. The van der Waals surface area contributed by atoms with Gasteiger partial charge in [-0.1, -0.05) is 6.07 Å². The van der Waals surface area contributed by atoms with Crippen LogP contribution >= 0.6 is 0 Å². The molecule has 0 spiro atoms. The smallest absolute Gasteiger partial charge is 0.305 e. The van der Waals surface area contributed by atoms with Crippen LogP contribution in [0.2, 0.25) is 0 Å². The van der Waals surface area contributed by atoms with E-state index in [1.807, 2.05) is 45.9 Å². The molecule has 1 fully saturated rings. The highest BCUT2D eigenvalue weighted by molar-refractivity contribution is 5.88. The molecule has 1 aliphatic heterocycles. The second-order valence-electron chi connectivity index (χ2n) is 7.46. The average Bonchev–Trinajstić information content (AvgIpc) is 3.04. The molecule has 156 valence electrons. The summed E-state index contributed by atoms with van der Waals surface area (Å²) >= 11 is 0. The van der Waals surface area contributed by atoms with Gasteiger partial charge in [0.2, 0.25) is 5.91 Å². The first-order valence-electron chi connectivity index (χ1n) is 9.70. The molecule has 0 radical (unpaired) electrons. The topological polar surface area (TPSA) is 85.3 Å². The number of nitrogens with zero attached hydrogens (tertiary/aromatic N) is 1. The number of hydrogen-bond donors (Lipinski definition) is 1. The van der Waals surface area contributed by atoms with E-state index in [2.05, 4.69) is 0 Å². The average molecular weight is 393 g/mol. The molecule has 0 aromatic heterocycles. The number of methoxy groups -OCH3 is 1. The monoisotopic (exact) mass is 393 g/mol. The van der Waals surface area contributed by atoms with Gasteiger partial charge < -0.3 is 24.2 Å². The maximum atomic E-state index is 13.4. The highest BCUT2D eigenvalue weighted by atomic mass is 16.5. The summed E-state index contributed by atoms with van der Waals surface area (Å²) in [7, 11) is 1.59. The first-order chi connectivity index (χ1) is 13.2. The maximum absolute atomic E-state index is 13.4. The molecule has 1 amide bonds. The second-order valence-corrected chi connectivity index (χ2v) is 7.46. The summed E-state index contributed by atoms with van der Waals surface area (Å²) in [5.74, 6) is 0.198. The van der Waals surface area contributed by atoms with Crippen LogP contribution in [0.3, 0.4) is 0 Å². The van der Waals surface area contributed by atoms with Crippen molar-refractivity contribution in [1.82, 2.24) is 4.90 Å². The predicted octanol–water partition coefficient (Wildman–Crippen LogP) is 2.85. The van der Waals surface area contributed by atoms with Crippen LogP contribution in [0.4, 0.5) is 0 Å². The lowest BCUT2D eigenvalue weighted by Gasteiger charge is -2.33. The third-order valence-electron chi connectivity index (χ3n) is 5.18. The van der Waals surface area contributed by atoms with Gasteiger partial charge in [-0.2, -0.15) is 0 Å². The largest absolute Gasteiger partial charge is 0.490 e. The molecule has 1 saturated heterocycles. The Morgan fingerprint density at radius 1 is 1.18 bits per heavy atom. The second kappa shape index (κ2) is 9.28. The van der Waals surface area contributed by atoms with Gasteiger partial charge in [0.15, 0.2) is 11.5 Å². The summed E-state index contributed by atoms with van der Waals surface area (Å²) in [5.41, 5.74) is -0.0601. The van der Waals surface area contributed by atoms with Crippen LogP contribution in [-0.4, -0.2) is 60.9 Å². The molecule has 1 N–H and O–H groups in total. The lowest BCUT2D eigenvalue weighted by molar-refractivity contribution is -0.141. The number of carboxylic acid groups (broad SMARTS) is 1. The fraction of sp³-hybridized carbons (Fsp3) is 0.619. The van der Waals surface area contributed by atoms with E-state index in [0.29, 0.717) is 37.7 Å². The Morgan fingerprint density at radius 2 is 1.82 bits per heavy atom. The molecule has 2 rings (SSSR count). The number of rotatable bonds is 9. The van der Waals surface area contributed by atoms with E-state index in [1.54, 1.807) is 12.0 Å². The lowest BCUT2D eigenvalue weighted by atomic mass is 9.82. The summed E-state index contributed by atoms with van der Waals surface area (Å²) in [6.07, 6.45) is 0.288. The Kier molecular flexibility index (Phi) is 7.29. The molecule has 1 aromatic rings. The Morgan fingerprint density at radius 3 is 2.39 bits per heavy atom. The zero-order valence-corrected chi connectivity index (χ0v) is 17.4. The van der Waals surface area contributed by atoms with Crippen molar-refractivity contribution in [3.05, 3.63) is 23.8 Å². The number of likely N-dealkylation sites (tertiary alicyclic amines) is 1. The van der Waals surface area contributed by atoms with Crippen molar-refractivity contribution in [3.8, 4) is 11.5 Å². The van der Waals surface area contributed by atoms with Gasteiger partial charge in [0.1, 0.15) is 0 Å². The number of benzene rings is 1.